The highest BCUT2D eigenvalue weighted by Gasteiger charge is 2.02. The van der Waals surface area contributed by atoms with Crippen LogP contribution >= 0.6 is 0 Å². The molecule has 0 fully saturated rings. The van der Waals surface area contributed by atoms with Crippen LogP contribution in [0.1, 0.15) is 18.9 Å². The number of pyridine rings is 1. The van der Waals surface area contributed by atoms with Gasteiger partial charge < -0.3 is 10.6 Å². The lowest BCUT2D eigenvalue weighted by atomic mass is 10.2. The smallest absolute Gasteiger partial charge is 0.225 e. The Morgan fingerprint density at radius 1 is 1.25 bits per heavy atom. The van der Waals surface area contributed by atoms with Crippen LogP contribution in [-0.2, 0) is 11.3 Å². The van der Waals surface area contributed by atoms with Crippen LogP contribution in [0.2, 0.25) is 0 Å². The van der Waals surface area contributed by atoms with E-state index in [4.69, 9.17) is 0 Å². The number of aromatic nitrogens is 1. The van der Waals surface area contributed by atoms with Crippen molar-refractivity contribution in [2.45, 2.75) is 19.9 Å². The van der Waals surface area contributed by atoms with Crippen molar-refractivity contribution < 1.29 is 9.18 Å². The summed E-state index contributed by atoms with van der Waals surface area (Å²) in [7, 11) is 0. The lowest BCUT2D eigenvalue weighted by molar-refractivity contribution is -0.115. The van der Waals surface area contributed by atoms with E-state index in [9.17, 15) is 9.18 Å². The van der Waals surface area contributed by atoms with Gasteiger partial charge in [0.2, 0.25) is 5.91 Å². The maximum atomic E-state index is 13.4. The van der Waals surface area contributed by atoms with E-state index in [1.54, 1.807) is 43.5 Å². The molecule has 20 heavy (non-hydrogen) atoms. The molecule has 1 amide bonds. The molecule has 0 atom stereocenters. The first-order valence-electron chi connectivity index (χ1n) is 6.42. The number of carbonyl (C=O) groups excluding carboxylic acids is 1. The predicted molar refractivity (Wildman–Crippen MR) is 76.9 cm³/mol. The van der Waals surface area contributed by atoms with Gasteiger partial charge in [0, 0.05) is 18.5 Å². The molecule has 0 aliphatic rings. The van der Waals surface area contributed by atoms with E-state index in [0.717, 1.165) is 5.69 Å². The van der Waals surface area contributed by atoms with Crippen LogP contribution in [0, 0.1) is 5.82 Å². The highest BCUT2D eigenvalue weighted by molar-refractivity contribution is 5.89. The Morgan fingerprint density at radius 3 is 2.70 bits per heavy atom. The third kappa shape index (κ3) is 3.78. The van der Waals surface area contributed by atoms with Gasteiger partial charge in [0.25, 0.3) is 0 Å². The molecule has 0 aliphatic carbocycles. The minimum absolute atomic E-state index is 0.0791. The van der Waals surface area contributed by atoms with Gasteiger partial charge in [-0.1, -0.05) is 25.1 Å². The van der Waals surface area contributed by atoms with Gasteiger partial charge in [-0.3, -0.25) is 4.79 Å². The van der Waals surface area contributed by atoms with Crippen LogP contribution in [0.4, 0.5) is 15.9 Å². The molecule has 2 N–H and O–H groups in total. The van der Waals surface area contributed by atoms with Crippen molar-refractivity contribution in [3.05, 3.63) is 54.0 Å². The Kier molecular flexibility index (Phi) is 4.65. The second-order valence-corrected chi connectivity index (χ2v) is 4.28. The fraction of sp³-hybridized carbons (Fsp3) is 0.200. The van der Waals surface area contributed by atoms with Crippen molar-refractivity contribution >= 4 is 17.4 Å². The van der Waals surface area contributed by atoms with Gasteiger partial charge in [0.15, 0.2) is 0 Å². The number of carbonyl (C=O) groups is 1. The van der Waals surface area contributed by atoms with Gasteiger partial charge in [-0.25, -0.2) is 9.37 Å². The highest BCUT2D eigenvalue weighted by Crippen LogP contribution is 2.13. The monoisotopic (exact) mass is 273 g/mol. The molecular formula is C15H16FN3O. The number of halogens is 1. The molecule has 2 rings (SSSR count). The molecular weight excluding hydrogens is 257 g/mol. The minimum atomic E-state index is -0.236. The third-order valence-electron chi connectivity index (χ3n) is 2.79. The largest absolute Gasteiger partial charge is 0.380 e. The molecule has 0 spiro atoms. The maximum Gasteiger partial charge on any atom is 0.225 e. The van der Waals surface area contributed by atoms with Crippen LogP contribution in [0.3, 0.4) is 0 Å². The van der Waals surface area contributed by atoms with Crippen molar-refractivity contribution in [3.8, 4) is 0 Å². The predicted octanol–water partition coefficient (Wildman–Crippen LogP) is 3.18. The Bertz CT molecular complexity index is 584. The first-order chi connectivity index (χ1) is 9.69. The van der Waals surface area contributed by atoms with Crippen LogP contribution in [-0.4, -0.2) is 10.9 Å². The number of benzene rings is 1. The molecule has 1 aromatic carbocycles. The summed E-state index contributed by atoms with van der Waals surface area (Å²) in [6.07, 6.45) is 2.01. The number of rotatable bonds is 5. The zero-order chi connectivity index (χ0) is 14.4. The molecule has 0 unspecified atom stereocenters. The van der Waals surface area contributed by atoms with Crippen molar-refractivity contribution in [2.24, 2.45) is 0 Å². The van der Waals surface area contributed by atoms with Gasteiger partial charge in [-0.15, -0.1) is 0 Å². The molecule has 0 saturated heterocycles. The maximum absolute atomic E-state index is 13.4. The van der Waals surface area contributed by atoms with Gasteiger partial charge in [0.05, 0.1) is 11.9 Å². The summed E-state index contributed by atoms with van der Waals surface area (Å²) in [4.78, 5) is 15.3. The van der Waals surface area contributed by atoms with E-state index < -0.39 is 0 Å². The number of nitrogens with one attached hydrogen (secondary N) is 2. The quantitative estimate of drug-likeness (QED) is 0.879. The highest BCUT2D eigenvalue weighted by atomic mass is 19.1. The second-order valence-electron chi connectivity index (χ2n) is 4.28. The average molecular weight is 273 g/mol. The van der Waals surface area contributed by atoms with E-state index in [2.05, 4.69) is 15.6 Å². The van der Waals surface area contributed by atoms with Crippen LogP contribution in [0.25, 0.3) is 0 Å². The Hall–Kier alpha value is -2.43. The van der Waals surface area contributed by atoms with E-state index >= 15 is 0 Å². The van der Waals surface area contributed by atoms with E-state index in [1.807, 2.05) is 0 Å². The zero-order valence-corrected chi connectivity index (χ0v) is 11.2. The fourth-order valence-corrected chi connectivity index (χ4v) is 1.64. The van der Waals surface area contributed by atoms with Crippen LogP contribution in [0.15, 0.2) is 42.6 Å². The van der Waals surface area contributed by atoms with Crippen molar-refractivity contribution in [2.75, 3.05) is 10.6 Å². The number of hydrogen-bond acceptors (Lipinski definition) is 3. The summed E-state index contributed by atoms with van der Waals surface area (Å²) >= 11 is 0. The van der Waals surface area contributed by atoms with Gasteiger partial charge >= 0.3 is 0 Å². The lowest BCUT2D eigenvalue weighted by Crippen LogP contribution is -2.10. The third-order valence-corrected chi connectivity index (χ3v) is 2.79. The number of amides is 1. The summed E-state index contributed by atoms with van der Waals surface area (Å²) in [6, 6.07) is 10.1. The molecule has 1 heterocycles. The summed E-state index contributed by atoms with van der Waals surface area (Å²) < 4.78 is 13.4. The normalized spacial score (nSPS) is 10.1. The Labute approximate surface area is 117 Å². The number of hydrogen-bond donors (Lipinski definition) is 2. The van der Waals surface area contributed by atoms with Crippen molar-refractivity contribution in [1.82, 2.24) is 4.98 Å². The molecule has 5 heteroatoms. The van der Waals surface area contributed by atoms with Crippen LogP contribution < -0.4 is 10.6 Å². The Balaban J connectivity index is 1.94. The molecule has 2 aromatic rings. The topological polar surface area (TPSA) is 54.0 Å². The molecule has 0 saturated carbocycles. The summed E-state index contributed by atoms with van der Waals surface area (Å²) in [6.45, 7) is 2.16. The minimum Gasteiger partial charge on any atom is -0.380 e. The first-order valence-corrected chi connectivity index (χ1v) is 6.42. The molecule has 0 aliphatic heterocycles. The standard InChI is InChI=1S/C15H16FN3O/c1-2-15(20)19-14-8-7-12(10-18-14)17-9-11-5-3-4-6-13(11)16/h3-8,10,17H,2,9H2,1H3,(H,18,19,20). The zero-order valence-electron chi connectivity index (χ0n) is 11.2. The molecule has 0 radical (unpaired) electrons. The van der Waals surface area contributed by atoms with Crippen molar-refractivity contribution in [3.63, 3.8) is 0 Å². The van der Waals surface area contributed by atoms with Gasteiger partial charge in [0.1, 0.15) is 11.6 Å². The summed E-state index contributed by atoms with van der Waals surface area (Å²) in [5.41, 5.74) is 1.36. The summed E-state index contributed by atoms with van der Waals surface area (Å²) in [5, 5.41) is 5.74. The van der Waals surface area contributed by atoms with Gasteiger partial charge in [-0.05, 0) is 18.2 Å². The lowest BCUT2D eigenvalue weighted by Gasteiger charge is -2.08. The number of nitrogens with zero attached hydrogens (tertiary/aromatic N) is 1. The van der Waals surface area contributed by atoms with Crippen LogP contribution in [0.5, 0.6) is 0 Å². The number of anilines is 2. The Morgan fingerprint density at radius 2 is 2.05 bits per heavy atom. The molecule has 104 valence electrons. The molecule has 4 nitrogen and oxygen atoms in total. The van der Waals surface area contributed by atoms with E-state index in [-0.39, 0.29) is 11.7 Å². The van der Waals surface area contributed by atoms with Gasteiger partial charge in [-0.2, -0.15) is 0 Å². The fourth-order valence-electron chi connectivity index (χ4n) is 1.64. The van der Waals surface area contributed by atoms with Crippen molar-refractivity contribution in [1.29, 1.82) is 0 Å². The first kappa shape index (κ1) is 14.0. The summed E-state index contributed by atoms with van der Waals surface area (Å²) in [5.74, 6) is 0.192. The van der Waals surface area contributed by atoms with E-state index in [0.29, 0.717) is 24.3 Å². The van der Waals surface area contributed by atoms with E-state index in [1.165, 1.54) is 6.07 Å². The second kappa shape index (κ2) is 6.65. The average Bonchev–Trinajstić information content (AvgIpc) is 2.48. The SMILES string of the molecule is CCC(=O)Nc1ccc(NCc2ccccc2F)cn1. The molecule has 1 aromatic heterocycles. The molecule has 0 bridgehead atoms.